The van der Waals surface area contributed by atoms with E-state index in [1.165, 1.54) is 225 Å². The van der Waals surface area contributed by atoms with Crippen LogP contribution in [0.25, 0.3) is 179 Å². The zero-order valence-corrected chi connectivity index (χ0v) is 89.5. The van der Waals surface area contributed by atoms with Crippen molar-refractivity contribution >= 4 is 231 Å². The van der Waals surface area contributed by atoms with Crippen molar-refractivity contribution in [3.63, 3.8) is 0 Å². The van der Waals surface area contributed by atoms with Gasteiger partial charge in [0.05, 0.1) is 0 Å². The average molecular weight is 1990 g/mol. The predicted molar refractivity (Wildman–Crippen MR) is 647 cm³/mol. The summed E-state index contributed by atoms with van der Waals surface area (Å²) in [7, 11) is 0. The van der Waals surface area contributed by atoms with E-state index in [4.69, 9.17) is 4.42 Å². The number of anilines is 9. The third kappa shape index (κ3) is 13.5. The Balaban J connectivity index is 0.000000108. The molecule has 0 aliphatic heterocycles. The molecule has 0 radical (unpaired) electrons. The fourth-order valence-electron chi connectivity index (χ4n) is 26.3. The summed E-state index contributed by atoms with van der Waals surface area (Å²) >= 11 is 7.65. The van der Waals surface area contributed by atoms with Crippen LogP contribution in [0, 0.1) is 0 Å². The molecule has 0 bridgehead atoms. The van der Waals surface area contributed by atoms with Crippen LogP contribution in [0.1, 0.15) is 141 Å². The molecule has 0 unspecified atom stereocenters. The van der Waals surface area contributed by atoms with Crippen LogP contribution in [0.4, 0.5) is 51.2 Å². The molecular weight excluding hydrogens is 1880 g/mol. The summed E-state index contributed by atoms with van der Waals surface area (Å²) in [5.74, 6) is 0. The molecule has 0 N–H and O–H groups in total. The van der Waals surface area contributed by atoms with Gasteiger partial charge in [-0.05, 0) is 301 Å². The Hall–Kier alpha value is -15.5. The van der Waals surface area contributed by atoms with Gasteiger partial charge < -0.3 is 19.1 Å². The number of thiophene rings is 4. The summed E-state index contributed by atoms with van der Waals surface area (Å²) in [5.41, 5.74) is 33.4. The molecule has 0 spiro atoms. The number of rotatable bonds is 9. The maximum absolute atomic E-state index is 6.36. The minimum Gasteiger partial charge on any atom is -0.456 e. The Morgan fingerprint density at radius 3 is 0.879 bits per heavy atom. The van der Waals surface area contributed by atoms with Crippen molar-refractivity contribution in [1.29, 1.82) is 0 Å². The van der Waals surface area contributed by atoms with Gasteiger partial charge in [-0.25, -0.2) is 0 Å². The highest BCUT2D eigenvalue weighted by atomic mass is 32.1. The van der Waals surface area contributed by atoms with E-state index in [1.807, 2.05) is 57.5 Å². The minimum atomic E-state index is -0.163. The molecule has 149 heavy (non-hydrogen) atoms. The second-order valence-corrected chi connectivity index (χ2v) is 49.6. The van der Waals surface area contributed by atoms with Crippen LogP contribution in [-0.4, -0.2) is 0 Å². The van der Waals surface area contributed by atoms with Crippen LogP contribution < -0.4 is 14.7 Å². The van der Waals surface area contributed by atoms with Gasteiger partial charge >= 0.3 is 0 Å². The van der Waals surface area contributed by atoms with E-state index < -0.39 is 0 Å². The third-order valence-electron chi connectivity index (χ3n) is 35.9. The molecule has 21 aromatic carbocycles. The molecule has 5 aromatic heterocycles. The lowest BCUT2D eigenvalue weighted by Crippen LogP contribution is -2.43. The monoisotopic (exact) mass is 1990 g/mol. The third-order valence-corrected chi connectivity index (χ3v) is 40.4. The van der Waals surface area contributed by atoms with Crippen molar-refractivity contribution in [2.75, 3.05) is 14.7 Å². The summed E-state index contributed by atoms with van der Waals surface area (Å²) in [6.07, 6.45) is 0. The molecule has 4 aliphatic carbocycles. The van der Waals surface area contributed by atoms with Crippen molar-refractivity contribution in [2.45, 2.75) is 135 Å². The van der Waals surface area contributed by atoms with Crippen LogP contribution in [0.3, 0.4) is 0 Å². The number of hydrogen-bond acceptors (Lipinski definition) is 8. The van der Waals surface area contributed by atoms with Crippen LogP contribution in [-0.2, 0) is 37.9 Å². The standard InChI is InChI=1S/C49H41NS.C46H35NOS.C46H35NS2/c1-47(2)39-19-13-12-18-35(39)36-23-21-32(28-40(36)47)50(31-15-8-7-9-16-31)33-22-24-37-38-25-27-43-45(46(38)49(5,6)48(3,4)41(37)29-33)44-34-17-11-10-14-30(34)20-26-42(44)51-43;1-45(2)37-26-30(47(29-13-6-5-7-14-29)31-20-22-35-34-16-10-11-17-38(34)48-39(35)27-31)19-21-33(37)36-23-25-41-43(44(36)46(45,3)4)42-32-15-9-8-12-28(32)18-24-40(42)49-41;1-45(2)37-27-31(47(29-13-6-5-7-14-29)30-20-24-39-36(26-30)34-16-10-11-17-38(34)48-39)19-21-33(37)35-22-25-41-43(44(35)46(45,3)4)42-32-15-9-8-12-28(32)18-23-40(42)49-41/h7-29H,1-6H3;2*5-27H,1-4H3. The molecule has 5 heterocycles. The maximum atomic E-state index is 6.36. The summed E-state index contributed by atoms with van der Waals surface area (Å²) in [6, 6.07) is 155. The SMILES string of the molecule is CC1(C)c2cc(N(c3ccccc3)c3ccc4c(c3)oc3ccccc34)ccc2-c2ccc3sc4ccc5ccccc5c4c3c2C1(C)C.CC1(C)c2cc(N(c3ccccc3)c3ccc4sc5ccccc5c4c3)ccc2-c2ccc3sc4ccc5ccccc5c4c3c2C1(C)C.CC1(C)c2ccccc2-c2ccc(N(c3ccccc3)c3ccc4c(c3)C(C)(C)C(C)(C)c3c-4ccc4sc5ccc6ccccc6c5c34)cc21. The zero-order chi connectivity index (χ0) is 101. The van der Waals surface area contributed by atoms with E-state index in [1.54, 1.807) is 0 Å². The molecule has 0 amide bonds. The van der Waals surface area contributed by atoms with E-state index >= 15 is 0 Å². The molecule has 26 aromatic rings. The lowest BCUT2D eigenvalue weighted by Gasteiger charge is -2.49. The Labute approximate surface area is 885 Å². The second kappa shape index (κ2) is 33.2. The molecule has 720 valence electrons. The lowest BCUT2D eigenvalue weighted by atomic mass is 9.54. The second-order valence-electron chi connectivity index (χ2n) is 45.3. The molecule has 0 saturated carbocycles. The highest BCUT2D eigenvalue weighted by Gasteiger charge is 2.52. The molecule has 0 saturated heterocycles. The normalized spacial score (nSPS) is 15.3. The van der Waals surface area contributed by atoms with Gasteiger partial charge in [-0.15, -0.1) is 45.3 Å². The van der Waals surface area contributed by atoms with Crippen molar-refractivity contribution < 1.29 is 4.42 Å². The van der Waals surface area contributed by atoms with E-state index in [0.29, 0.717) is 0 Å². The van der Waals surface area contributed by atoms with Gasteiger partial charge in [-0.3, -0.25) is 0 Å². The van der Waals surface area contributed by atoms with Gasteiger partial charge in [0, 0.05) is 170 Å². The number of hydrogen-bond donors (Lipinski definition) is 0. The zero-order valence-electron chi connectivity index (χ0n) is 86.2. The largest absolute Gasteiger partial charge is 0.456 e. The van der Waals surface area contributed by atoms with E-state index in [9.17, 15) is 0 Å². The summed E-state index contributed by atoms with van der Waals surface area (Å²) in [4.78, 5) is 7.26. The fraction of sp³-hybridized carbons (Fsp3) is 0.149. The number of furan rings is 1. The van der Waals surface area contributed by atoms with Crippen LogP contribution in [0.5, 0.6) is 0 Å². The van der Waals surface area contributed by atoms with Crippen LogP contribution in [0.2, 0.25) is 0 Å². The summed E-state index contributed by atoms with van der Waals surface area (Å²) < 4.78 is 17.2. The van der Waals surface area contributed by atoms with Gasteiger partial charge in [0.25, 0.3) is 0 Å². The summed E-state index contributed by atoms with van der Waals surface area (Å²) in [6.45, 7) is 34.3. The smallest absolute Gasteiger partial charge is 0.137 e. The number of nitrogens with zero attached hydrogens (tertiary/aromatic N) is 3. The molecular formula is C141H111N3OS4. The Kier molecular flexibility index (Phi) is 20.3. The molecule has 30 rings (SSSR count). The average Bonchev–Trinajstić information content (AvgIpc) is 1.59. The molecule has 0 fully saturated rings. The molecule has 4 nitrogen and oxygen atoms in total. The highest BCUT2D eigenvalue weighted by Crippen LogP contribution is 2.65. The first-order chi connectivity index (χ1) is 72.2. The van der Waals surface area contributed by atoms with Gasteiger partial charge in [-0.1, -0.05) is 346 Å². The van der Waals surface area contributed by atoms with Gasteiger partial charge in [0.1, 0.15) is 11.2 Å². The Bertz CT molecular complexity index is 10100. The van der Waals surface area contributed by atoms with Gasteiger partial charge in [0.2, 0.25) is 0 Å². The topological polar surface area (TPSA) is 22.9 Å². The first-order valence-corrected chi connectivity index (χ1v) is 55.7. The highest BCUT2D eigenvalue weighted by molar-refractivity contribution is 7.27. The molecule has 4 aliphatic rings. The fourth-order valence-corrected chi connectivity index (χ4v) is 30.8. The van der Waals surface area contributed by atoms with Crippen molar-refractivity contribution in [1.82, 2.24) is 0 Å². The molecule has 8 heteroatoms. The Morgan fingerprint density at radius 1 is 0.168 bits per heavy atom. The maximum Gasteiger partial charge on any atom is 0.137 e. The van der Waals surface area contributed by atoms with Gasteiger partial charge in [0.15, 0.2) is 0 Å². The van der Waals surface area contributed by atoms with E-state index in [2.05, 4.69) is 518 Å². The van der Waals surface area contributed by atoms with Crippen molar-refractivity contribution in [3.05, 3.63) is 463 Å². The number of benzene rings is 21. The first-order valence-electron chi connectivity index (χ1n) is 52.4. The minimum absolute atomic E-state index is 0.0711. The predicted octanol–water partition coefficient (Wildman–Crippen LogP) is 42.3. The summed E-state index contributed by atoms with van der Waals surface area (Å²) in [5, 5.41) is 21.4. The number of para-hydroxylation sites is 4. The quantitative estimate of drug-likeness (QED) is 0.144. The van der Waals surface area contributed by atoms with Crippen molar-refractivity contribution in [3.8, 4) is 44.5 Å². The van der Waals surface area contributed by atoms with E-state index in [-0.39, 0.29) is 37.9 Å². The van der Waals surface area contributed by atoms with Crippen LogP contribution >= 0.6 is 45.3 Å². The number of fused-ring (bicyclic) bond motifs is 36. The lowest BCUT2D eigenvalue weighted by molar-refractivity contribution is 0.301. The first kappa shape index (κ1) is 91.0. The van der Waals surface area contributed by atoms with Crippen molar-refractivity contribution in [2.24, 2.45) is 0 Å². The van der Waals surface area contributed by atoms with Gasteiger partial charge in [-0.2, -0.15) is 0 Å². The van der Waals surface area contributed by atoms with E-state index in [0.717, 1.165) is 50.4 Å². The van der Waals surface area contributed by atoms with Crippen LogP contribution in [0.15, 0.2) is 423 Å². The molecule has 0 atom stereocenters. The Morgan fingerprint density at radius 2 is 0.450 bits per heavy atom.